The van der Waals surface area contributed by atoms with Gasteiger partial charge in [-0.25, -0.2) is 4.79 Å². The van der Waals surface area contributed by atoms with E-state index in [4.69, 9.17) is 10.2 Å². The zero-order valence-corrected chi connectivity index (χ0v) is 6.52. The molecule has 0 aliphatic carbocycles. The summed E-state index contributed by atoms with van der Waals surface area (Å²) in [6.07, 6.45) is -1.75. The van der Waals surface area contributed by atoms with Gasteiger partial charge < -0.3 is 20.1 Å². The number of hydrogen-bond donors (Lipinski definition) is 3. The second kappa shape index (κ2) is 3.02. The van der Waals surface area contributed by atoms with Gasteiger partial charge in [-0.2, -0.15) is 0 Å². The largest absolute Gasteiger partial charge is 0.505 e. The second-order valence-electron chi connectivity index (χ2n) is 2.54. The first-order valence-corrected chi connectivity index (χ1v) is 3.59. The summed E-state index contributed by atoms with van der Waals surface area (Å²) >= 11 is 0. The van der Waals surface area contributed by atoms with Crippen LogP contribution in [-0.4, -0.2) is 33.5 Å². The molecule has 0 radical (unpaired) electrons. The van der Waals surface area contributed by atoms with Crippen molar-refractivity contribution in [1.29, 1.82) is 0 Å². The van der Waals surface area contributed by atoms with Gasteiger partial charge in [0, 0.05) is 0 Å². The van der Waals surface area contributed by atoms with Crippen LogP contribution in [0.5, 0.6) is 0 Å². The molecule has 12 heavy (non-hydrogen) atoms. The van der Waals surface area contributed by atoms with Crippen LogP contribution >= 0.6 is 0 Å². The van der Waals surface area contributed by atoms with Gasteiger partial charge in [-0.3, -0.25) is 0 Å². The molecule has 0 aromatic heterocycles. The van der Waals surface area contributed by atoms with Crippen molar-refractivity contribution in [2.24, 2.45) is 0 Å². The van der Waals surface area contributed by atoms with Gasteiger partial charge in [-0.15, -0.1) is 0 Å². The number of ether oxygens (including phenoxy) is 1. The Morgan fingerprint density at radius 3 is 2.50 bits per heavy atom. The van der Waals surface area contributed by atoms with Crippen LogP contribution in [0, 0.1) is 0 Å². The van der Waals surface area contributed by atoms with Crippen molar-refractivity contribution >= 4 is 5.97 Å². The molecular weight excluding hydrogens is 164 g/mol. The molecule has 0 saturated heterocycles. The minimum atomic E-state index is -1.11. The van der Waals surface area contributed by atoms with E-state index in [1.54, 1.807) is 6.92 Å². The molecule has 2 atom stereocenters. The van der Waals surface area contributed by atoms with E-state index in [-0.39, 0.29) is 0 Å². The van der Waals surface area contributed by atoms with Gasteiger partial charge in [0.05, 0.1) is 6.10 Å². The first-order valence-electron chi connectivity index (χ1n) is 3.59. The number of carbonyl (C=O) groups excluding carboxylic acids is 1. The van der Waals surface area contributed by atoms with E-state index < -0.39 is 29.7 Å². The van der Waals surface area contributed by atoms with Crippen molar-refractivity contribution in [1.82, 2.24) is 0 Å². The monoisotopic (exact) mass is 174 g/mol. The summed E-state index contributed by atoms with van der Waals surface area (Å²) in [4.78, 5) is 10.6. The van der Waals surface area contributed by atoms with E-state index in [1.165, 1.54) is 0 Å². The Morgan fingerprint density at radius 1 is 1.58 bits per heavy atom. The highest BCUT2D eigenvalue weighted by Crippen LogP contribution is 2.22. The number of cyclic esters (lactones) is 1. The van der Waals surface area contributed by atoms with Crippen molar-refractivity contribution in [2.45, 2.75) is 25.6 Å². The summed E-state index contributed by atoms with van der Waals surface area (Å²) in [7, 11) is 0. The molecule has 0 amide bonds. The number of carbonyl (C=O) groups is 1. The van der Waals surface area contributed by atoms with Crippen molar-refractivity contribution in [3.8, 4) is 0 Å². The molecule has 1 aliphatic heterocycles. The van der Waals surface area contributed by atoms with Crippen LogP contribution in [0.1, 0.15) is 13.3 Å². The SMILES string of the molecule is CCC(O)C1OC(=O)C(O)=C1O. The van der Waals surface area contributed by atoms with Crippen LogP contribution in [0.2, 0.25) is 0 Å². The van der Waals surface area contributed by atoms with E-state index in [9.17, 15) is 9.90 Å². The average Bonchev–Trinajstić information content (AvgIpc) is 2.32. The Labute approximate surface area is 68.9 Å². The summed E-state index contributed by atoms with van der Waals surface area (Å²) in [5.74, 6) is -2.40. The van der Waals surface area contributed by atoms with Gasteiger partial charge in [0.25, 0.3) is 0 Å². The first-order chi connectivity index (χ1) is 5.57. The summed E-state index contributed by atoms with van der Waals surface area (Å²) in [5.41, 5.74) is 0. The third kappa shape index (κ3) is 1.23. The topological polar surface area (TPSA) is 87.0 Å². The molecule has 0 spiro atoms. The smallest absolute Gasteiger partial charge is 0.377 e. The maximum absolute atomic E-state index is 10.6. The Hall–Kier alpha value is -1.23. The fourth-order valence-electron chi connectivity index (χ4n) is 0.941. The summed E-state index contributed by atoms with van der Waals surface area (Å²) in [6.45, 7) is 1.67. The molecule has 0 fully saturated rings. The number of aliphatic hydroxyl groups is 3. The van der Waals surface area contributed by atoms with Crippen LogP contribution < -0.4 is 0 Å². The van der Waals surface area contributed by atoms with E-state index in [0.717, 1.165) is 0 Å². The third-order valence-corrected chi connectivity index (χ3v) is 1.71. The normalized spacial score (nSPS) is 25.8. The standard InChI is InChI=1S/C7H10O5/c1-2-3(8)6-4(9)5(10)7(11)12-6/h3,6,8-10H,2H2,1H3. The van der Waals surface area contributed by atoms with Gasteiger partial charge in [-0.1, -0.05) is 6.92 Å². The fourth-order valence-corrected chi connectivity index (χ4v) is 0.941. The molecule has 0 bridgehead atoms. The maximum atomic E-state index is 10.6. The molecular formula is C7H10O5. The third-order valence-electron chi connectivity index (χ3n) is 1.71. The number of rotatable bonds is 2. The molecule has 1 heterocycles. The number of hydrogen-bond acceptors (Lipinski definition) is 5. The predicted molar refractivity (Wildman–Crippen MR) is 38.5 cm³/mol. The Kier molecular flexibility index (Phi) is 2.23. The molecule has 0 aromatic rings. The Balaban J connectivity index is 2.80. The van der Waals surface area contributed by atoms with Gasteiger partial charge in [0.1, 0.15) is 0 Å². The molecule has 5 heteroatoms. The average molecular weight is 174 g/mol. The first kappa shape index (κ1) is 8.86. The lowest BCUT2D eigenvalue weighted by atomic mass is 10.1. The van der Waals surface area contributed by atoms with Crippen LogP contribution in [-0.2, 0) is 9.53 Å². The van der Waals surface area contributed by atoms with Crippen LogP contribution in [0.15, 0.2) is 11.5 Å². The lowest BCUT2D eigenvalue weighted by Crippen LogP contribution is -2.27. The predicted octanol–water partition coefficient (Wildman–Crippen LogP) is 0.0103. The lowest BCUT2D eigenvalue weighted by Gasteiger charge is -2.14. The van der Waals surface area contributed by atoms with Crippen molar-refractivity contribution < 1.29 is 24.9 Å². The molecule has 3 N–H and O–H groups in total. The van der Waals surface area contributed by atoms with Crippen LogP contribution in [0.3, 0.4) is 0 Å². The van der Waals surface area contributed by atoms with Gasteiger partial charge in [-0.05, 0) is 6.42 Å². The molecule has 5 nitrogen and oxygen atoms in total. The summed E-state index contributed by atoms with van der Waals surface area (Å²) in [5, 5.41) is 27.1. The second-order valence-corrected chi connectivity index (χ2v) is 2.54. The zero-order chi connectivity index (χ0) is 9.30. The van der Waals surface area contributed by atoms with Gasteiger partial charge in [0.2, 0.25) is 5.76 Å². The maximum Gasteiger partial charge on any atom is 0.377 e. The fraction of sp³-hybridized carbons (Fsp3) is 0.571. The lowest BCUT2D eigenvalue weighted by molar-refractivity contribution is -0.146. The highest BCUT2D eigenvalue weighted by molar-refractivity contribution is 5.89. The van der Waals surface area contributed by atoms with Crippen LogP contribution in [0.25, 0.3) is 0 Å². The molecule has 68 valence electrons. The highest BCUT2D eigenvalue weighted by atomic mass is 16.6. The minimum absolute atomic E-state index is 0.329. The zero-order valence-electron chi connectivity index (χ0n) is 6.52. The number of aliphatic hydroxyl groups excluding tert-OH is 3. The molecule has 1 aliphatic rings. The minimum Gasteiger partial charge on any atom is -0.505 e. The van der Waals surface area contributed by atoms with Gasteiger partial charge in [0.15, 0.2) is 11.9 Å². The van der Waals surface area contributed by atoms with Gasteiger partial charge >= 0.3 is 5.97 Å². The van der Waals surface area contributed by atoms with Crippen molar-refractivity contribution in [3.05, 3.63) is 11.5 Å². The summed E-state index contributed by atoms with van der Waals surface area (Å²) in [6, 6.07) is 0. The van der Waals surface area contributed by atoms with Crippen molar-refractivity contribution in [2.75, 3.05) is 0 Å². The Bertz CT molecular complexity index is 232. The van der Waals surface area contributed by atoms with E-state index >= 15 is 0 Å². The van der Waals surface area contributed by atoms with E-state index in [2.05, 4.69) is 4.74 Å². The quantitative estimate of drug-likeness (QED) is 0.513. The summed E-state index contributed by atoms with van der Waals surface area (Å²) < 4.78 is 4.48. The molecule has 0 saturated carbocycles. The molecule has 0 aromatic carbocycles. The Morgan fingerprint density at radius 2 is 2.17 bits per heavy atom. The molecule has 2 unspecified atom stereocenters. The highest BCUT2D eigenvalue weighted by Gasteiger charge is 2.38. The van der Waals surface area contributed by atoms with E-state index in [0.29, 0.717) is 6.42 Å². The van der Waals surface area contributed by atoms with Crippen LogP contribution in [0.4, 0.5) is 0 Å². The van der Waals surface area contributed by atoms with Crippen molar-refractivity contribution in [3.63, 3.8) is 0 Å². The van der Waals surface area contributed by atoms with E-state index in [1.807, 2.05) is 0 Å². The number of esters is 1. The molecule has 1 rings (SSSR count).